The monoisotopic (exact) mass is 221 g/mol. The van der Waals surface area contributed by atoms with Crippen molar-refractivity contribution in [1.82, 2.24) is 5.32 Å². The van der Waals surface area contributed by atoms with Crippen molar-refractivity contribution in [2.24, 2.45) is 5.41 Å². The van der Waals surface area contributed by atoms with Gasteiger partial charge in [-0.15, -0.1) is 0 Å². The number of hydrogen-bond donors (Lipinski definition) is 1. The van der Waals surface area contributed by atoms with E-state index in [0.717, 1.165) is 18.8 Å². The molecule has 0 saturated heterocycles. The molecule has 16 heavy (non-hydrogen) atoms. The van der Waals surface area contributed by atoms with Crippen LogP contribution < -0.4 is 10.1 Å². The Kier molecular flexibility index (Phi) is 4.36. The number of hydrogen-bond acceptors (Lipinski definition) is 2. The molecule has 1 rings (SSSR count). The van der Waals surface area contributed by atoms with Crippen LogP contribution in [0.15, 0.2) is 18.2 Å². The predicted molar refractivity (Wildman–Crippen MR) is 68.9 cm³/mol. The predicted octanol–water partition coefficient (Wildman–Crippen LogP) is 3.14. The Balaban J connectivity index is 2.60. The fourth-order valence-electron chi connectivity index (χ4n) is 1.57. The lowest BCUT2D eigenvalue weighted by Gasteiger charge is -2.19. The van der Waals surface area contributed by atoms with Crippen LogP contribution in [-0.2, 0) is 6.54 Å². The van der Waals surface area contributed by atoms with E-state index >= 15 is 0 Å². The molecule has 0 saturated carbocycles. The van der Waals surface area contributed by atoms with E-state index < -0.39 is 0 Å². The van der Waals surface area contributed by atoms with Gasteiger partial charge in [-0.05, 0) is 24.0 Å². The first kappa shape index (κ1) is 13.0. The van der Waals surface area contributed by atoms with Crippen molar-refractivity contribution in [3.8, 4) is 5.75 Å². The molecule has 1 N–H and O–H groups in total. The van der Waals surface area contributed by atoms with Gasteiger partial charge in [0.1, 0.15) is 5.75 Å². The van der Waals surface area contributed by atoms with E-state index in [-0.39, 0.29) is 0 Å². The van der Waals surface area contributed by atoms with Crippen molar-refractivity contribution < 1.29 is 4.74 Å². The minimum Gasteiger partial charge on any atom is -0.496 e. The summed E-state index contributed by atoms with van der Waals surface area (Å²) in [7, 11) is 1.72. The number of nitrogens with one attached hydrogen (secondary N) is 1. The third-order valence-electron chi connectivity index (χ3n) is 2.41. The lowest BCUT2D eigenvalue weighted by Crippen LogP contribution is -2.26. The molecule has 1 aromatic carbocycles. The van der Waals surface area contributed by atoms with Crippen LogP contribution in [0, 0.1) is 12.3 Å². The third kappa shape index (κ3) is 4.23. The summed E-state index contributed by atoms with van der Waals surface area (Å²) in [5, 5.41) is 3.46. The van der Waals surface area contributed by atoms with Crippen LogP contribution in [0.3, 0.4) is 0 Å². The van der Waals surface area contributed by atoms with Gasteiger partial charge in [0.25, 0.3) is 0 Å². The van der Waals surface area contributed by atoms with Crippen molar-refractivity contribution in [3.63, 3.8) is 0 Å². The highest BCUT2D eigenvalue weighted by Crippen LogP contribution is 2.20. The van der Waals surface area contributed by atoms with Gasteiger partial charge in [-0.2, -0.15) is 0 Å². The number of rotatable bonds is 4. The summed E-state index contributed by atoms with van der Waals surface area (Å²) in [6.45, 7) is 10.6. The van der Waals surface area contributed by atoms with E-state index in [1.165, 1.54) is 11.1 Å². The molecule has 0 spiro atoms. The van der Waals surface area contributed by atoms with Crippen LogP contribution in [0.4, 0.5) is 0 Å². The average molecular weight is 221 g/mol. The molecule has 0 aliphatic rings. The van der Waals surface area contributed by atoms with Gasteiger partial charge in [0.05, 0.1) is 7.11 Å². The van der Waals surface area contributed by atoms with Gasteiger partial charge < -0.3 is 10.1 Å². The zero-order valence-corrected chi connectivity index (χ0v) is 11.1. The molecule has 1 aromatic rings. The van der Waals surface area contributed by atoms with Gasteiger partial charge in [0.15, 0.2) is 0 Å². The van der Waals surface area contributed by atoms with Crippen molar-refractivity contribution >= 4 is 0 Å². The Labute approximate surface area is 99.0 Å². The van der Waals surface area contributed by atoms with Crippen LogP contribution in [-0.4, -0.2) is 13.7 Å². The first-order valence-electron chi connectivity index (χ1n) is 5.76. The highest BCUT2D eigenvalue weighted by atomic mass is 16.5. The Morgan fingerprint density at radius 3 is 2.50 bits per heavy atom. The fraction of sp³-hybridized carbons (Fsp3) is 0.571. The second-order valence-electron chi connectivity index (χ2n) is 5.48. The largest absolute Gasteiger partial charge is 0.496 e. The molecule has 0 amide bonds. The maximum Gasteiger partial charge on any atom is 0.123 e. The standard InChI is InChI=1S/C14H23NO/c1-11-6-7-12(13(8-11)16-5)9-15-10-14(2,3)4/h6-8,15H,9-10H2,1-5H3. The maximum atomic E-state index is 5.37. The van der Waals surface area contributed by atoms with Gasteiger partial charge in [0, 0.05) is 18.7 Å². The molecule has 0 fully saturated rings. The van der Waals surface area contributed by atoms with E-state index in [0.29, 0.717) is 5.41 Å². The molecule has 0 bridgehead atoms. The fourth-order valence-corrected chi connectivity index (χ4v) is 1.57. The van der Waals surface area contributed by atoms with Crippen molar-refractivity contribution in [2.45, 2.75) is 34.2 Å². The van der Waals surface area contributed by atoms with Crippen molar-refractivity contribution in [2.75, 3.05) is 13.7 Å². The Bertz CT molecular complexity index is 339. The summed E-state index contributed by atoms with van der Waals surface area (Å²) < 4.78 is 5.37. The SMILES string of the molecule is COc1cc(C)ccc1CNCC(C)(C)C. The number of ether oxygens (including phenoxy) is 1. The van der Waals surface area contributed by atoms with E-state index in [1.807, 2.05) is 0 Å². The van der Waals surface area contributed by atoms with Gasteiger partial charge in [-0.3, -0.25) is 0 Å². The molecule has 2 heteroatoms. The van der Waals surface area contributed by atoms with E-state index in [9.17, 15) is 0 Å². The van der Waals surface area contributed by atoms with Gasteiger partial charge in [0.2, 0.25) is 0 Å². The lowest BCUT2D eigenvalue weighted by atomic mass is 9.97. The summed E-state index contributed by atoms with van der Waals surface area (Å²) in [4.78, 5) is 0. The van der Waals surface area contributed by atoms with Gasteiger partial charge in [-0.1, -0.05) is 32.9 Å². The smallest absolute Gasteiger partial charge is 0.123 e. The lowest BCUT2D eigenvalue weighted by molar-refractivity contribution is 0.372. The van der Waals surface area contributed by atoms with E-state index in [1.54, 1.807) is 7.11 Å². The van der Waals surface area contributed by atoms with E-state index in [4.69, 9.17) is 4.74 Å². The highest BCUT2D eigenvalue weighted by Gasteiger charge is 2.10. The van der Waals surface area contributed by atoms with Crippen molar-refractivity contribution in [3.05, 3.63) is 29.3 Å². The quantitative estimate of drug-likeness (QED) is 0.843. The normalized spacial score (nSPS) is 11.6. The second-order valence-corrected chi connectivity index (χ2v) is 5.48. The molecule has 0 heterocycles. The molecule has 0 atom stereocenters. The maximum absolute atomic E-state index is 5.37. The number of benzene rings is 1. The van der Waals surface area contributed by atoms with E-state index in [2.05, 4.69) is 51.2 Å². The van der Waals surface area contributed by atoms with Crippen LogP contribution >= 0.6 is 0 Å². The molecule has 0 aromatic heterocycles. The number of aryl methyl sites for hydroxylation is 1. The van der Waals surface area contributed by atoms with Crippen LogP contribution in [0.5, 0.6) is 5.75 Å². The summed E-state index contributed by atoms with van der Waals surface area (Å²) >= 11 is 0. The zero-order chi connectivity index (χ0) is 12.2. The van der Waals surface area contributed by atoms with Gasteiger partial charge in [-0.25, -0.2) is 0 Å². The molecule has 0 aliphatic carbocycles. The summed E-state index contributed by atoms with van der Waals surface area (Å²) in [5.74, 6) is 0.974. The number of methoxy groups -OCH3 is 1. The van der Waals surface area contributed by atoms with Crippen LogP contribution in [0.1, 0.15) is 31.9 Å². The molecular weight excluding hydrogens is 198 g/mol. The molecule has 2 nitrogen and oxygen atoms in total. The molecular formula is C14H23NO. The van der Waals surface area contributed by atoms with Crippen LogP contribution in [0.2, 0.25) is 0 Å². The summed E-state index contributed by atoms with van der Waals surface area (Å²) in [5.41, 5.74) is 2.77. The Morgan fingerprint density at radius 1 is 1.25 bits per heavy atom. The summed E-state index contributed by atoms with van der Waals surface area (Å²) in [6.07, 6.45) is 0. The van der Waals surface area contributed by atoms with Crippen LogP contribution in [0.25, 0.3) is 0 Å². The minimum atomic E-state index is 0.317. The Hall–Kier alpha value is -1.02. The minimum absolute atomic E-state index is 0.317. The summed E-state index contributed by atoms with van der Waals surface area (Å²) in [6, 6.07) is 6.33. The first-order valence-corrected chi connectivity index (χ1v) is 5.76. The molecule has 0 unspecified atom stereocenters. The molecule has 90 valence electrons. The zero-order valence-electron chi connectivity index (χ0n) is 11.1. The highest BCUT2D eigenvalue weighted by molar-refractivity contribution is 5.36. The topological polar surface area (TPSA) is 21.3 Å². The Morgan fingerprint density at radius 2 is 1.94 bits per heavy atom. The first-order chi connectivity index (χ1) is 7.42. The third-order valence-corrected chi connectivity index (χ3v) is 2.41. The molecule has 0 aliphatic heterocycles. The second kappa shape index (κ2) is 5.35. The van der Waals surface area contributed by atoms with Crippen molar-refractivity contribution in [1.29, 1.82) is 0 Å². The van der Waals surface area contributed by atoms with Gasteiger partial charge >= 0.3 is 0 Å². The molecule has 0 radical (unpaired) electrons. The average Bonchev–Trinajstić information content (AvgIpc) is 2.18.